The Labute approximate surface area is 191 Å². The molecule has 0 radical (unpaired) electrons. The molecule has 1 rings (SSSR count). The van der Waals surface area contributed by atoms with Gasteiger partial charge in [-0.1, -0.05) is 0 Å². The summed E-state index contributed by atoms with van der Waals surface area (Å²) < 4.78 is 123. The molecule has 1 N–H and O–H groups in total. The topological polar surface area (TPSA) is 38.3 Å². The maximum absolute atomic E-state index is 11.1. The van der Waals surface area contributed by atoms with E-state index in [1.54, 1.807) is 0 Å². The average Bonchev–Trinajstić information content (AvgIpc) is 2.47. The molecule has 0 aromatic heterocycles. The zero-order valence-electron chi connectivity index (χ0n) is 14.6. The van der Waals surface area contributed by atoms with Gasteiger partial charge in [0.05, 0.1) is 0 Å². The fourth-order valence-electron chi connectivity index (χ4n) is 1.00. The van der Waals surface area contributed by atoms with Crippen LogP contribution < -0.4 is 5.32 Å². The third-order valence-corrected chi connectivity index (χ3v) is 2.51. The summed E-state index contributed by atoms with van der Waals surface area (Å²) in [5.74, 6) is 0. The number of nitrogens with one attached hydrogen (secondary N) is 1. The first kappa shape index (κ1) is 33.1. The van der Waals surface area contributed by atoms with E-state index >= 15 is 0 Å². The second-order valence-electron chi connectivity index (χ2n) is 4.47. The molecule has 0 spiro atoms. The first-order valence-electron chi connectivity index (χ1n) is 7.39. The monoisotopic (exact) mass is 478 g/mol. The summed E-state index contributed by atoms with van der Waals surface area (Å²) in [7, 11) is -18.0. The Morgan fingerprint density at radius 2 is 1.14 bits per heavy atom. The third kappa shape index (κ3) is 65.7. The van der Waals surface area contributed by atoms with Crippen LogP contribution in [0.3, 0.4) is 0 Å². The van der Waals surface area contributed by atoms with E-state index in [0.717, 1.165) is 61.6 Å². The van der Waals surface area contributed by atoms with Crippen LogP contribution in [0.1, 0.15) is 5.56 Å². The molecule has 0 aliphatic carbocycles. The van der Waals surface area contributed by atoms with Crippen molar-refractivity contribution in [3.63, 3.8) is 0 Å². The Kier molecular flexibility index (Phi) is 19.6. The summed E-state index contributed by atoms with van der Waals surface area (Å²) in [5.41, 5.74) is 1.01. The van der Waals surface area contributed by atoms with Gasteiger partial charge in [0.2, 0.25) is 0 Å². The van der Waals surface area contributed by atoms with Gasteiger partial charge in [-0.25, -0.2) is 0 Å². The molecule has 29 heavy (non-hydrogen) atoms. The molecule has 166 valence electrons. The second kappa shape index (κ2) is 17.2. The van der Waals surface area contributed by atoms with E-state index in [-0.39, 0.29) is 6.09 Å². The molecule has 0 aliphatic rings. The van der Waals surface area contributed by atoms with Crippen molar-refractivity contribution in [3.05, 3.63) is 35.9 Å². The third-order valence-electron chi connectivity index (χ3n) is 1.73. The standard InChI is InChI=1S/C10H12NO2.3BF4.K/c1-2-11-10(12)13-8-9-6-4-3-5-7-9;3*2-1(3,4)5;/h3-7H,1-2,8H2,(H,11,12);;;;/q;3*-1;. The van der Waals surface area contributed by atoms with Crippen LogP contribution in [-0.2, 0) is 11.3 Å². The second-order valence-corrected chi connectivity index (χ2v) is 6.03. The van der Waals surface area contributed by atoms with Crippen molar-refractivity contribution in [2.75, 3.05) is 6.54 Å². The van der Waals surface area contributed by atoms with Crippen LogP contribution >= 0.6 is 0 Å². The number of alkyl carbamates (subject to hydrolysis) is 1. The molecule has 0 bridgehead atoms. The first-order chi connectivity index (χ1) is 12.8. The molecule has 0 fully saturated rings. The summed E-state index contributed by atoms with van der Waals surface area (Å²) in [6.07, 6.45) is -0.321. The van der Waals surface area contributed by atoms with E-state index in [4.69, 9.17) is 4.74 Å². The Morgan fingerprint density at radius 1 is 0.793 bits per heavy atom. The summed E-state index contributed by atoms with van der Waals surface area (Å²) >= 11 is 0.791. The van der Waals surface area contributed by atoms with Gasteiger partial charge in [-0.3, -0.25) is 0 Å². The zero-order chi connectivity index (χ0) is 23.7. The van der Waals surface area contributed by atoms with Crippen molar-refractivity contribution in [2.45, 2.75) is 7.12 Å². The molecule has 19 heteroatoms. The number of carbonyl (C=O) groups excluding carboxylic acids is 1. The molecule has 0 saturated heterocycles. The number of halogens is 12. The van der Waals surface area contributed by atoms with Crippen LogP contribution in [0.5, 0.6) is 0 Å². The normalized spacial score (nSPS) is 10.8. The molecule has 0 heterocycles. The van der Waals surface area contributed by atoms with Gasteiger partial charge in [0.1, 0.15) is 0 Å². The van der Waals surface area contributed by atoms with Gasteiger partial charge in [0.25, 0.3) is 0 Å². The number of rotatable bonds is 4. The van der Waals surface area contributed by atoms with Crippen LogP contribution in [0.15, 0.2) is 30.3 Å². The van der Waals surface area contributed by atoms with Crippen molar-refractivity contribution < 1.29 is 61.3 Å². The Morgan fingerprint density at radius 3 is 1.45 bits per heavy atom. The van der Waals surface area contributed by atoms with Gasteiger partial charge < -0.3 is 51.8 Å². The Balaban J connectivity index is -0.000000373. The van der Waals surface area contributed by atoms with Crippen molar-refractivity contribution in [1.82, 2.24) is 5.32 Å². The van der Waals surface area contributed by atoms with Crippen LogP contribution in [0.2, 0.25) is 0.515 Å². The van der Waals surface area contributed by atoms with Crippen LogP contribution in [0, 0.1) is 0 Å². The van der Waals surface area contributed by atoms with Crippen molar-refractivity contribution >= 4 is 76.8 Å². The molecule has 0 saturated carbocycles. The fourth-order valence-corrected chi connectivity index (χ4v) is 1.39. The Hall–Kier alpha value is -0.519. The molecule has 3 nitrogen and oxygen atoms in total. The minimum absolute atomic E-state index is 0.321. The van der Waals surface area contributed by atoms with Crippen molar-refractivity contribution in [2.24, 2.45) is 0 Å². The van der Waals surface area contributed by atoms with E-state index in [0.29, 0.717) is 6.61 Å². The van der Waals surface area contributed by atoms with E-state index in [2.05, 4.69) is 5.32 Å². The molecule has 1 amide bonds. The number of amides is 1. The zero-order valence-corrected chi connectivity index (χ0v) is 17.7. The number of hydrogen-bond acceptors (Lipinski definition) is 2. The molecular formula is C10H12B3F12KNO2-3. The van der Waals surface area contributed by atoms with Crippen LogP contribution in [-0.4, -0.2) is 83.4 Å². The molecule has 0 unspecified atom stereocenters. The van der Waals surface area contributed by atoms with E-state index in [1.807, 2.05) is 30.3 Å². The molecule has 0 aliphatic heterocycles. The quantitative estimate of drug-likeness (QED) is 0.466. The van der Waals surface area contributed by atoms with E-state index in [9.17, 15) is 56.6 Å². The summed E-state index contributed by atoms with van der Waals surface area (Å²) in [6, 6.07) is 9.66. The predicted molar refractivity (Wildman–Crippen MR) is 85.7 cm³/mol. The first-order valence-corrected chi connectivity index (χ1v) is 9.60. The number of hydrogen-bond donors (Lipinski definition) is 1. The summed E-state index contributed by atoms with van der Waals surface area (Å²) in [6.45, 7) is 1.09. The van der Waals surface area contributed by atoms with Gasteiger partial charge in [0, 0.05) is 0 Å². The molecule has 1 aromatic rings. The SMILES string of the molecule is F[B-](F)(F)F.F[B-](F)(F)F.F[B-](F)(F)F.O=C(NC[CH2][K])OCc1ccccc1. The number of carbonyl (C=O) groups is 1. The van der Waals surface area contributed by atoms with Gasteiger partial charge in [-0.2, -0.15) is 0 Å². The van der Waals surface area contributed by atoms with Gasteiger partial charge in [-0.05, 0) is 0 Å². The number of benzene rings is 1. The van der Waals surface area contributed by atoms with Gasteiger partial charge >= 0.3 is 141 Å². The minimum atomic E-state index is -6.00. The fraction of sp³-hybridized carbons (Fsp3) is 0.300. The summed E-state index contributed by atoms with van der Waals surface area (Å²) in [4.78, 5) is 11.1. The van der Waals surface area contributed by atoms with Crippen LogP contribution in [0.4, 0.5) is 56.6 Å². The maximum atomic E-state index is 11.1. The van der Waals surface area contributed by atoms with Gasteiger partial charge in [-0.15, -0.1) is 0 Å². The number of ether oxygens (including phenoxy) is 1. The predicted octanol–water partition coefficient (Wildman–Crippen LogP) is 5.40. The molecule has 1 aromatic carbocycles. The van der Waals surface area contributed by atoms with Crippen LogP contribution in [0.25, 0.3) is 0 Å². The average molecular weight is 478 g/mol. The molecular weight excluding hydrogens is 466 g/mol. The van der Waals surface area contributed by atoms with Gasteiger partial charge in [0.15, 0.2) is 0 Å². The van der Waals surface area contributed by atoms with E-state index < -0.39 is 21.8 Å². The Bertz CT molecular complexity index is 483. The summed E-state index contributed by atoms with van der Waals surface area (Å²) in [5, 5.41) is 2.69. The van der Waals surface area contributed by atoms with Crippen molar-refractivity contribution in [1.29, 1.82) is 0 Å². The molecule has 0 atom stereocenters. The van der Waals surface area contributed by atoms with E-state index in [1.165, 1.54) is 0 Å². The van der Waals surface area contributed by atoms with Crippen molar-refractivity contribution in [3.8, 4) is 0 Å².